The van der Waals surface area contributed by atoms with Crippen molar-refractivity contribution in [3.05, 3.63) is 28.8 Å². The Morgan fingerprint density at radius 3 is 2.38 bits per heavy atom. The molecule has 1 nitrogen and oxygen atoms in total. The maximum Gasteiger partial charge on any atom is 0.122 e. The Balaban J connectivity index is 2.82. The van der Waals surface area contributed by atoms with Crippen molar-refractivity contribution in [2.75, 3.05) is 12.4 Å². The van der Waals surface area contributed by atoms with Gasteiger partial charge in [0, 0.05) is 5.41 Å². The monoisotopic (exact) mass is 238 g/mol. The lowest BCUT2D eigenvalue weighted by atomic mass is 9.98. The molecule has 0 saturated carbocycles. The Kier molecular flexibility index (Phi) is 4.31. The largest absolute Gasteiger partial charge is 0.493 e. The summed E-state index contributed by atoms with van der Waals surface area (Å²) in [5, 5.41) is 0. The summed E-state index contributed by atoms with van der Waals surface area (Å²) in [4.78, 5) is 0. The van der Waals surface area contributed by atoms with Crippen LogP contribution in [0.1, 0.15) is 30.5 Å². The summed E-state index contributed by atoms with van der Waals surface area (Å²) < 4.78 is 5.91. The maximum atomic E-state index is 5.91. The van der Waals surface area contributed by atoms with Crippen molar-refractivity contribution in [1.29, 1.82) is 0 Å². The first-order chi connectivity index (χ1) is 7.35. The molecule has 0 aromatic heterocycles. The summed E-state index contributed by atoms with van der Waals surface area (Å²) in [7, 11) is 0. The Morgan fingerprint density at radius 2 is 1.81 bits per heavy atom. The Morgan fingerprint density at radius 1 is 1.19 bits per heavy atom. The predicted molar refractivity (Wildman–Crippen MR) is 73.8 cm³/mol. The van der Waals surface area contributed by atoms with Crippen LogP contribution in [0, 0.1) is 26.2 Å². The van der Waals surface area contributed by atoms with Crippen molar-refractivity contribution < 1.29 is 4.74 Å². The van der Waals surface area contributed by atoms with E-state index in [-0.39, 0.29) is 5.41 Å². The first kappa shape index (κ1) is 13.4. The first-order valence-electron chi connectivity index (χ1n) is 5.67. The van der Waals surface area contributed by atoms with Crippen LogP contribution in [0.25, 0.3) is 0 Å². The number of ether oxygens (including phenoxy) is 1. The molecule has 0 saturated heterocycles. The number of hydrogen-bond donors (Lipinski definition) is 1. The number of benzene rings is 1. The minimum Gasteiger partial charge on any atom is -0.493 e. The Labute approximate surface area is 105 Å². The second-order valence-electron chi connectivity index (χ2n) is 5.32. The van der Waals surface area contributed by atoms with Crippen LogP contribution in [0.15, 0.2) is 12.1 Å². The Bertz CT molecular complexity index is 369. The molecule has 0 aliphatic carbocycles. The quantitative estimate of drug-likeness (QED) is 0.782. The van der Waals surface area contributed by atoms with Crippen LogP contribution in [0.4, 0.5) is 0 Å². The summed E-state index contributed by atoms with van der Waals surface area (Å²) >= 11 is 4.33. The zero-order valence-electron chi connectivity index (χ0n) is 10.9. The molecule has 1 rings (SSSR count). The standard InChI is InChI=1S/C14H22OS/c1-10-6-11(2)12(3)13(7-10)15-8-14(4,5)9-16/h6-7,16H,8-9H2,1-5H3. The van der Waals surface area contributed by atoms with E-state index in [1.807, 2.05) is 0 Å². The molecule has 0 atom stereocenters. The summed E-state index contributed by atoms with van der Waals surface area (Å²) in [6.07, 6.45) is 0. The molecule has 0 aliphatic heterocycles. The molecule has 0 N–H and O–H groups in total. The molecule has 1 aromatic rings. The molecule has 0 amide bonds. The molecular formula is C14H22OS. The van der Waals surface area contributed by atoms with Crippen molar-refractivity contribution in [1.82, 2.24) is 0 Å². The van der Waals surface area contributed by atoms with Crippen LogP contribution in [0.5, 0.6) is 5.75 Å². The molecule has 16 heavy (non-hydrogen) atoms. The third-order valence-corrected chi connectivity index (χ3v) is 3.67. The van der Waals surface area contributed by atoms with Gasteiger partial charge in [-0.2, -0.15) is 12.6 Å². The maximum absolute atomic E-state index is 5.91. The SMILES string of the molecule is Cc1cc(C)c(C)c(OCC(C)(C)CS)c1. The molecule has 0 aliphatic rings. The molecule has 0 radical (unpaired) electrons. The third-order valence-electron chi connectivity index (χ3n) is 2.81. The van der Waals surface area contributed by atoms with Gasteiger partial charge < -0.3 is 4.74 Å². The van der Waals surface area contributed by atoms with E-state index >= 15 is 0 Å². The summed E-state index contributed by atoms with van der Waals surface area (Å²) in [6, 6.07) is 4.29. The van der Waals surface area contributed by atoms with Crippen LogP contribution in [-0.4, -0.2) is 12.4 Å². The number of rotatable bonds is 4. The van der Waals surface area contributed by atoms with E-state index in [0.717, 1.165) is 11.5 Å². The van der Waals surface area contributed by atoms with E-state index in [9.17, 15) is 0 Å². The lowest BCUT2D eigenvalue weighted by Crippen LogP contribution is -2.23. The lowest BCUT2D eigenvalue weighted by Gasteiger charge is -2.23. The second kappa shape index (κ2) is 5.13. The van der Waals surface area contributed by atoms with Gasteiger partial charge in [-0.1, -0.05) is 19.9 Å². The third kappa shape index (κ3) is 3.44. The molecule has 0 fully saturated rings. The second-order valence-corrected chi connectivity index (χ2v) is 5.63. The fraction of sp³-hybridized carbons (Fsp3) is 0.571. The smallest absolute Gasteiger partial charge is 0.122 e. The topological polar surface area (TPSA) is 9.23 Å². The number of hydrogen-bond acceptors (Lipinski definition) is 2. The average Bonchev–Trinajstić information content (AvgIpc) is 2.21. The van der Waals surface area contributed by atoms with Crippen LogP contribution in [0.3, 0.4) is 0 Å². The van der Waals surface area contributed by atoms with Gasteiger partial charge >= 0.3 is 0 Å². The van der Waals surface area contributed by atoms with E-state index in [1.165, 1.54) is 16.7 Å². The molecule has 1 aromatic carbocycles. The molecule has 0 bridgehead atoms. The van der Waals surface area contributed by atoms with Crippen LogP contribution >= 0.6 is 12.6 Å². The predicted octanol–water partition coefficient (Wildman–Crippen LogP) is 3.95. The van der Waals surface area contributed by atoms with E-state index in [2.05, 4.69) is 59.4 Å². The average molecular weight is 238 g/mol. The van der Waals surface area contributed by atoms with E-state index in [0.29, 0.717) is 6.61 Å². The normalized spacial score (nSPS) is 11.6. The lowest BCUT2D eigenvalue weighted by molar-refractivity contribution is 0.201. The van der Waals surface area contributed by atoms with Crippen LogP contribution in [0.2, 0.25) is 0 Å². The fourth-order valence-electron chi connectivity index (χ4n) is 1.47. The highest BCUT2D eigenvalue weighted by Crippen LogP contribution is 2.26. The fourth-order valence-corrected chi connectivity index (χ4v) is 1.56. The van der Waals surface area contributed by atoms with Crippen molar-refractivity contribution in [3.63, 3.8) is 0 Å². The summed E-state index contributed by atoms with van der Waals surface area (Å²) in [6.45, 7) is 11.4. The molecule has 2 heteroatoms. The van der Waals surface area contributed by atoms with Gasteiger partial charge in [-0.3, -0.25) is 0 Å². The first-order valence-corrected chi connectivity index (χ1v) is 6.30. The van der Waals surface area contributed by atoms with E-state index in [4.69, 9.17) is 4.74 Å². The van der Waals surface area contributed by atoms with Crippen molar-refractivity contribution in [2.45, 2.75) is 34.6 Å². The van der Waals surface area contributed by atoms with E-state index < -0.39 is 0 Å². The number of thiol groups is 1. The van der Waals surface area contributed by atoms with Crippen molar-refractivity contribution >= 4 is 12.6 Å². The molecule has 0 spiro atoms. The zero-order chi connectivity index (χ0) is 12.3. The van der Waals surface area contributed by atoms with Crippen LogP contribution < -0.4 is 4.74 Å². The minimum atomic E-state index is 0.118. The summed E-state index contributed by atoms with van der Waals surface area (Å²) in [5.74, 6) is 1.84. The van der Waals surface area contributed by atoms with Crippen molar-refractivity contribution in [2.24, 2.45) is 5.41 Å². The van der Waals surface area contributed by atoms with Gasteiger partial charge in [-0.25, -0.2) is 0 Å². The summed E-state index contributed by atoms with van der Waals surface area (Å²) in [5.41, 5.74) is 3.90. The van der Waals surface area contributed by atoms with Crippen LogP contribution in [-0.2, 0) is 0 Å². The van der Waals surface area contributed by atoms with Gasteiger partial charge in [0.15, 0.2) is 0 Å². The van der Waals surface area contributed by atoms with Gasteiger partial charge in [0.25, 0.3) is 0 Å². The minimum absolute atomic E-state index is 0.118. The Hall–Kier alpha value is -0.630. The zero-order valence-corrected chi connectivity index (χ0v) is 11.8. The van der Waals surface area contributed by atoms with Crippen molar-refractivity contribution in [3.8, 4) is 5.75 Å². The molecule has 0 unspecified atom stereocenters. The van der Waals surface area contributed by atoms with Gasteiger partial charge in [0.2, 0.25) is 0 Å². The highest BCUT2D eigenvalue weighted by molar-refractivity contribution is 7.80. The molecule has 90 valence electrons. The number of aryl methyl sites for hydroxylation is 2. The molecule has 0 heterocycles. The molecular weight excluding hydrogens is 216 g/mol. The highest BCUT2D eigenvalue weighted by atomic mass is 32.1. The highest BCUT2D eigenvalue weighted by Gasteiger charge is 2.17. The van der Waals surface area contributed by atoms with Gasteiger partial charge in [-0.15, -0.1) is 0 Å². The van der Waals surface area contributed by atoms with Gasteiger partial charge in [0.05, 0.1) is 6.61 Å². The van der Waals surface area contributed by atoms with Gasteiger partial charge in [0.1, 0.15) is 5.75 Å². The van der Waals surface area contributed by atoms with Gasteiger partial charge in [-0.05, 0) is 49.3 Å². The van der Waals surface area contributed by atoms with E-state index in [1.54, 1.807) is 0 Å².